The molecule has 2 aromatic rings. The molecule has 0 aliphatic carbocycles. The van der Waals surface area contributed by atoms with Crippen molar-refractivity contribution in [3.8, 4) is 0 Å². The molecule has 10 heteroatoms. The number of anilines is 1. The lowest BCUT2D eigenvalue weighted by molar-refractivity contribution is -0.133. The van der Waals surface area contributed by atoms with Crippen LogP contribution < -0.4 is 5.32 Å². The minimum Gasteiger partial charge on any atom is -0.481 e. The summed E-state index contributed by atoms with van der Waals surface area (Å²) in [6.07, 6.45) is 0. The second-order valence-corrected chi connectivity index (χ2v) is 7.43. The third-order valence-electron chi connectivity index (χ3n) is 2.12. The number of aromatic nitrogens is 2. The number of aliphatic carboxylic acids is 1. The first-order chi connectivity index (χ1) is 9.95. The van der Waals surface area contributed by atoms with Gasteiger partial charge in [0.15, 0.2) is 4.34 Å². The van der Waals surface area contributed by atoms with Gasteiger partial charge in [-0.05, 0) is 40.8 Å². The maximum Gasteiger partial charge on any atom is 0.313 e. The van der Waals surface area contributed by atoms with Crippen molar-refractivity contribution in [3.63, 3.8) is 0 Å². The van der Waals surface area contributed by atoms with E-state index in [0.29, 0.717) is 20.1 Å². The average molecular weight is 456 g/mol. The number of carbonyl (C=O) groups is 2. The molecule has 2 rings (SSSR count). The first-order valence-electron chi connectivity index (χ1n) is 5.40. The summed E-state index contributed by atoms with van der Waals surface area (Å²) in [5.41, 5.74) is 0.443. The summed E-state index contributed by atoms with van der Waals surface area (Å²) in [5, 5.41) is 19.6. The Kier molecular flexibility index (Phi) is 5.79. The van der Waals surface area contributed by atoms with Crippen LogP contribution in [0.25, 0.3) is 0 Å². The molecule has 0 bridgehead atoms. The van der Waals surface area contributed by atoms with Gasteiger partial charge in [0.2, 0.25) is 5.13 Å². The number of carboxylic acids is 1. The Balaban J connectivity index is 2.06. The van der Waals surface area contributed by atoms with E-state index in [1.165, 1.54) is 0 Å². The van der Waals surface area contributed by atoms with Crippen LogP contribution >= 0.6 is 57.3 Å². The summed E-state index contributed by atoms with van der Waals surface area (Å²) < 4.78 is 1.24. The molecule has 1 aromatic heterocycles. The van der Waals surface area contributed by atoms with Gasteiger partial charge in [-0.25, -0.2) is 0 Å². The lowest BCUT2D eigenvalue weighted by atomic mass is 10.2. The quantitative estimate of drug-likeness (QED) is 0.409. The number of nitrogens with zero attached hydrogens (tertiary/aromatic N) is 2. The molecule has 0 unspecified atom stereocenters. The Hall–Kier alpha value is -0.910. The summed E-state index contributed by atoms with van der Waals surface area (Å²) in [6.45, 7) is 0. The van der Waals surface area contributed by atoms with Crippen molar-refractivity contribution in [1.82, 2.24) is 10.2 Å². The van der Waals surface area contributed by atoms with E-state index in [1.54, 1.807) is 18.2 Å². The molecule has 0 saturated carbocycles. The summed E-state index contributed by atoms with van der Waals surface area (Å²) in [6, 6.07) is 5.01. The standard InChI is InChI=1S/C11H7ClIN3O3S2/c12-5-1-2-7(13)6(3-5)9(19)14-10-15-16-11(21-10)20-4-8(17)18/h1-3H,4H2,(H,17,18)(H,14,15,19). The molecule has 21 heavy (non-hydrogen) atoms. The van der Waals surface area contributed by atoms with Crippen molar-refractivity contribution >= 4 is 74.3 Å². The van der Waals surface area contributed by atoms with Crippen LogP contribution in [0.15, 0.2) is 22.5 Å². The maximum atomic E-state index is 12.1. The van der Waals surface area contributed by atoms with Crippen LogP contribution in [0, 0.1) is 3.57 Å². The third-order valence-corrected chi connectivity index (χ3v) is 5.25. The smallest absolute Gasteiger partial charge is 0.313 e. The van der Waals surface area contributed by atoms with E-state index < -0.39 is 5.97 Å². The van der Waals surface area contributed by atoms with Crippen LogP contribution in [-0.4, -0.2) is 32.9 Å². The molecule has 1 heterocycles. The van der Waals surface area contributed by atoms with Gasteiger partial charge in [0.05, 0.1) is 11.3 Å². The lowest BCUT2D eigenvalue weighted by Gasteiger charge is -2.04. The summed E-state index contributed by atoms with van der Waals surface area (Å²) in [5.74, 6) is -1.38. The van der Waals surface area contributed by atoms with Gasteiger partial charge in [0, 0.05) is 8.59 Å². The van der Waals surface area contributed by atoms with E-state index in [1.807, 2.05) is 22.6 Å². The second kappa shape index (κ2) is 7.38. The highest BCUT2D eigenvalue weighted by Crippen LogP contribution is 2.26. The van der Waals surface area contributed by atoms with Crippen molar-refractivity contribution in [1.29, 1.82) is 0 Å². The van der Waals surface area contributed by atoms with Crippen molar-refractivity contribution in [2.45, 2.75) is 4.34 Å². The topological polar surface area (TPSA) is 92.2 Å². The number of carboxylic acid groups (broad SMARTS) is 1. The fraction of sp³-hybridized carbons (Fsp3) is 0.0909. The van der Waals surface area contributed by atoms with Crippen LogP contribution in [0.3, 0.4) is 0 Å². The molecule has 110 valence electrons. The van der Waals surface area contributed by atoms with Crippen LogP contribution in [0.5, 0.6) is 0 Å². The highest BCUT2D eigenvalue weighted by atomic mass is 127. The largest absolute Gasteiger partial charge is 0.481 e. The zero-order valence-electron chi connectivity index (χ0n) is 10.2. The van der Waals surface area contributed by atoms with E-state index >= 15 is 0 Å². The van der Waals surface area contributed by atoms with Gasteiger partial charge >= 0.3 is 5.97 Å². The van der Waals surface area contributed by atoms with Gasteiger partial charge < -0.3 is 5.11 Å². The average Bonchev–Trinajstić information content (AvgIpc) is 2.86. The van der Waals surface area contributed by atoms with Crippen LogP contribution in [-0.2, 0) is 4.79 Å². The minimum atomic E-state index is -0.936. The molecule has 0 atom stereocenters. The highest BCUT2D eigenvalue weighted by molar-refractivity contribution is 14.1. The second-order valence-electron chi connectivity index (χ2n) is 3.63. The van der Waals surface area contributed by atoms with Crippen LogP contribution in [0.2, 0.25) is 5.02 Å². The summed E-state index contributed by atoms with van der Waals surface area (Å²) in [4.78, 5) is 22.6. The Morgan fingerprint density at radius 1 is 1.43 bits per heavy atom. The normalized spacial score (nSPS) is 10.4. The molecule has 0 aliphatic rings. The molecule has 2 N–H and O–H groups in total. The van der Waals surface area contributed by atoms with E-state index in [9.17, 15) is 9.59 Å². The number of rotatable bonds is 5. The molecule has 0 saturated heterocycles. The predicted molar refractivity (Wildman–Crippen MR) is 90.4 cm³/mol. The summed E-state index contributed by atoms with van der Waals surface area (Å²) >= 11 is 10.1. The SMILES string of the molecule is O=C(O)CSc1nnc(NC(=O)c2cc(Cl)ccc2I)s1. The van der Waals surface area contributed by atoms with Gasteiger partial charge in [-0.3, -0.25) is 14.9 Å². The van der Waals surface area contributed by atoms with E-state index in [4.69, 9.17) is 16.7 Å². The molecule has 0 aliphatic heterocycles. The summed E-state index contributed by atoms with van der Waals surface area (Å²) in [7, 11) is 0. The molecule has 6 nitrogen and oxygen atoms in total. The van der Waals surface area contributed by atoms with Gasteiger partial charge in [-0.15, -0.1) is 10.2 Å². The molecular formula is C11H7ClIN3O3S2. The molecule has 1 aromatic carbocycles. The monoisotopic (exact) mass is 455 g/mol. The minimum absolute atomic E-state index is 0.102. The number of hydrogen-bond donors (Lipinski definition) is 2. The van der Waals surface area contributed by atoms with Gasteiger partial charge in [-0.1, -0.05) is 34.7 Å². The molecular weight excluding hydrogens is 449 g/mol. The van der Waals surface area contributed by atoms with E-state index in [0.717, 1.165) is 26.7 Å². The number of thioether (sulfide) groups is 1. The van der Waals surface area contributed by atoms with Crippen molar-refractivity contribution < 1.29 is 14.7 Å². The molecule has 0 fully saturated rings. The predicted octanol–water partition coefficient (Wildman–Crippen LogP) is 3.23. The number of carbonyl (C=O) groups excluding carboxylic acids is 1. The lowest BCUT2D eigenvalue weighted by Crippen LogP contribution is -2.13. The Morgan fingerprint density at radius 2 is 2.19 bits per heavy atom. The molecule has 0 spiro atoms. The van der Waals surface area contributed by atoms with Gasteiger partial charge in [-0.2, -0.15) is 0 Å². The zero-order chi connectivity index (χ0) is 15.4. The van der Waals surface area contributed by atoms with Crippen LogP contribution in [0.1, 0.15) is 10.4 Å². The van der Waals surface area contributed by atoms with Crippen LogP contribution in [0.4, 0.5) is 5.13 Å². The number of amides is 1. The van der Waals surface area contributed by atoms with Crippen molar-refractivity contribution in [2.75, 3.05) is 11.1 Å². The number of benzene rings is 1. The number of nitrogens with one attached hydrogen (secondary N) is 1. The van der Waals surface area contributed by atoms with Gasteiger partial charge in [0.25, 0.3) is 5.91 Å². The fourth-order valence-electron chi connectivity index (χ4n) is 1.28. The molecule has 1 amide bonds. The first-order valence-corrected chi connectivity index (χ1v) is 8.66. The van der Waals surface area contributed by atoms with E-state index in [2.05, 4.69) is 15.5 Å². The Morgan fingerprint density at radius 3 is 2.90 bits per heavy atom. The fourth-order valence-corrected chi connectivity index (χ4v) is 3.50. The van der Waals surface area contributed by atoms with Crippen molar-refractivity contribution in [2.24, 2.45) is 0 Å². The van der Waals surface area contributed by atoms with Crippen molar-refractivity contribution in [3.05, 3.63) is 32.4 Å². The van der Waals surface area contributed by atoms with E-state index in [-0.39, 0.29) is 11.7 Å². The Bertz CT molecular complexity index is 695. The first kappa shape index (κ1) is 16.5. The Labute approximate surface area is 146 Å². The molecule has 0 radical (unpaired) electrons. The third kappa shape index (κ3) is 4.80. The highest BCUT2D eigenvalue weighted by Gasteiger charge is 2.14. The van der Waals surface area contributed by atoms with Gasteiger partial charge in [0.1, 0.15) is 0 Å². The maximum absolute atomic E-state index is 12.1. The zero-order valence-corrected chi connectivity index (χ0v) is 14.7. The number of halogens is 2. The number of hydrogen-bond acceptors (Lipinski definition) is 6.